The molecule has 0 fully saturated rings. The molecule has 0 radical (unpaired) electrons. The van der Waals surface area contributed by atoms with Gasteiger partial charge in [-0.2, -0.15) is 14.5 Å². The molecule has 0 spiro atoms. The summed E-state index contributed by atoms with van der Waals surface area (Å²) in [5.74, 6) is -0.153. The lowest BCUT2D eigenvalue weighted by molar-refractivity contribution is -0.121. The van der Waals surface area contributed by atoms with Crippen LogP contribution in [0.25, 0.3) is 0 Å². The number of aromatic nitrogens is 4. The molecule has 1 aliphatic heterocycles. The Morgan fingerprint density at radius 1 is 1.40 bits per heavy atom. The van der Waals surface area contributed by atoms with Gasteiger partial charge in [0.1, 0.15) is 4.90 Å². The molecule has 0 aliphatic carbocycles. The van der Waals surface area contributed by atoms with Gasteiger partial charge in [0.25, 0.3) is 0 Å². The Morgan fingerprint density at radius 3 is 2.72 bits per heavy atom. The van der Waals surface area contributed by atoms with Crippen LogP contribution in [0.4, 0.5) is 0 Å². The van der Waals surface area contributed by atoms with E-state index in [4.69, 9.17) is 0 Å². The number of hydrogen-bond acceptors (Lipinski definition) is 5. The summed E-state index contributed by atoms with van der Waals surface area (Å²) in [7, 11) is -0.437. The molecule has 1 amide bonds. The molecule has 10 heteroatoms. The molecule has 3 rings (SSSR count). The smallest absolute Gasteiger partial charge is 0.247 e. The lowest BCUT2D eigenvalue weighted by Crippen LogP contribution is -2.42. The minimum atomic E-state index is -3.72. The Labute approximate surface area is 146 Å². The summed E-state index contributed by atoms with van der Waals surface area (Å²) in [6, 6.07) is 1.44. The first-order chi connectivity index (χ1) is 11.8. The van der Waals surface area contributed by atoms with Crippen molar-refractivity contribution in [1.29, 1.82) is 0 Å². The fraction of sp³-hybridized carbons (Fsp3) is 0.533. The van der Waals surface area contributed by atoms with E-state index in [0.717, 1.165) is 5.69 Å². The van der Waals surface area contributed by atoms with Crippen molar-refractivity contribution in [3.05, 3.63) is 29.3 Å². The average Bonchev–Trinajstić information content (AvgIpc) is 3.12. The number of nitrogens with one attached hydrogen (secondary N) is 1. The summed E-state index contributed by atoms with van der Waals surface area (Å²) in [6.07, 6.45) is 1.80. The highest BCUT2D eigenvalue weighted by Crippen LogP contribution is 2.30. The minimum Gasteiger partial charge on any atom is -0.359 e. The minimum absolute atomic E-state index is 0.153. The molecule has 25 heavy (non-hydrogen) atoms. The molecule has 0 aromatic carbocycles. The zero-order valence-electron chi connectivity index (χ0n) is 14.7. The maximum absolute atomic E-state index is 13.2. The van der Waals surface area contributed by atoms with Crippen LogP contribution in [0.3, 0.4) is 0 Å². The van der Waals surface area contributed by atoms with E-state index in [1.54, 1.807) is 49.6 Å². The van der Waals surface area contributed by atoms with Gasteiger partial charge >= 0.3 is 0 Å². The molecular weight excluding hydrogens is 344 g/mol. The summed E-state index contributed by atoms with van der Waals surface area (Å²) < 4.78 is 31.2. The van der Waals surface area contributed by atoms with E-state index in [0.29, 0.717) is 11.4 Å². The number of hydrogen-bond donors (Lipinski definition) is 1. The molecule has 3 heterocycles. The highest BCUT2D eigenvalue weighted by Gasteiger charge is 2.37. The zero-order chi connectivity index (χ0) is 18.4. The second kappa shape index (κ2) is 6.26. The monoisotopic (exact) mass is 366 g/mol. The number of rotatable bonds is 4. The van der Waals surface area contributed by atoms with E-state index in [1.807, 2.05) is 0 Å². The van der Waals surface area contributed by atoms with Gasteiger partial charge in [-0.1, -0.05) is 0 Å². The summed E-state index contributed by atoms with van der Waals surface area (Å²) >= 11 is 0. The Morgan fingerprint density at radius 2 is 2.12 bits per heavy atom. The van der Waals surface area contributed by atoms with Crippen molar-refractivity contribution in [3.8, 4) is 0 Å². The third kappa shape index (κ3) is 2.95. The highest BCUT2D eigenvalue weighted by molar-refractivity contribution is 7.89. The topological polar surface area (TPSA) is 102 Å². The van der Waals surface area contributed by atoms with Crippen molar-refractivity contribution >= 4 is 15.9 Å². The summed E-state index contributed by atoms with van der Waals surface area (Å²) in [5.41, 5.74) is 1.84. The van der Waals surface area contributed by atoms with Crippen LogP contribution in [0.15, 0.2) is 17.2 Å². The predicted octanol–water partition coefficient (Wildman–Crippen LogP) is 0.115. The van der Waals surface area contributed by atoms with Crippen molar-refractivity contribution in [2.75, 3.05) is 13.6 Å². The molecule has 1 atom stereocenters. The molecule has 1 aliphatic rings. The zero-order valence-corrected chi connectivity index (χ0v) is 15.5. The first kappa shape index (κ1) is 17.6. The van der Waals surface area contributed by atoms with Gasteiger partial charge in [-0.25, -0.2) is 8.42 Å². The standard InChI is InChI=1S/C15H22N6O3S/c1-10-15(11(2)19(4)18-10)25(23,24)20-8-12-5-6-17-21(12)13(9-20)7-14(22)16-3/h5-6,13H,7-9H2,1-4H3,(H,16,22). The van der Waals surface area contributed by atoms with Crippen molar-refractivity contribution in [2.45, 2.75) is 37.8 Å². The van der Waals surface area contributed by atoms with Crippen LogP contribution >= 0.6 is 0 Å². The van der Waals surface area contributed by atoms with E-state index in [-0.39, 0.29) is 36.4 Å². The van der Waals surface area contributed by atoms with Crippen LogP contribution in [0.1, 0.15) is 29.5 Å². The molecule has 2 aromatic heterocycles. The van der Waals surface area contributed by atoms with Gasteiger partial charge < -0.3 is 5.32 Å². The van der Waals surface area contributed by atoms with Crippen LogP contribution in [-0.4, -0.2) is 51.8 Å². The van der Waals surface area contributed by atoms with Crippen LogP contribution in [0.5, 0.6) is 0 Å². The fourth-order valence-electron chi connectivity index (χ4n) is 3.26. The second-order valence-corrected chi connectivity index (χ2v) is 8.09. The lowest BCUT2D eigenvalue weighted by Gasteiger charge is -2.32. The number of aryl methyl sites for hydroxylation is 2. The van der Waals surface area contributed by atoms with E-state index in [9.17, 15) is 13.2 Å². The molecule has 2 aromatic rings. The van der Waals surface area contributed by atoms with Crippen molar-refractivity contribution < 1.29 is 13.2 Å². The van der Waals surface area contributed by atoms with Crippen LogP contribution in [-0.2, 0) is 28.4 Å². The molecule has 1 unspecified atom stereocenters. The summed E-state index contributed by atoms with van der Waals surface area (Å²) in [4.78, 5) is 12.1. The molecule has 136 valence electrons. The van der Waals surface area contributed by atoms with Crippen molar-refractivity contribution in [2.24, 2.45) is 7.05 Å². The Bertz CT molecular complexity index is 914. The van der Waals surface area contributed by atoms with Crippen molar-refractivity contribution in [1.82, 2.24) is 29.2 Å². The fourth-order valence-corrected chi connectivity index (χ4v) is 5.11. The van der Waals surface area contributed by atoms with Gasteiger partial charge in [0.2, 0.25) is 15.9 Å². The third-order valence-electron chi connectivity index (χ3n) is 4.59. The number of carbonyl (C=O) groups is 1. The van der Waals surface area contributed by atoms with Gasteiger partial charge in [0.05, 0.1) is 36.1 Å². The van der Waals surface area contributed by atoms with Crippen LogP contribution < -0.4 is 5.32 Å². The Hall–Kier alpha value is -2.20. The quantitative estimate of drug-likeness (QED) is 0.828. The number of amides is 1. The van der Waals surface area contributed by atoms with E-state index in [1.165, 1.54) is 4.31 Å². The number of carbonyl (C=O) groups excluding carboxylic acids is 1. The number of nitrogens with zero attached hydrogens (tertiary/aromatic N) is 5. The predicted molar refractivity (Wildman–Crippen MR) is 90.2 cm³/mol. The number of fused-ring (bicyclic) bond motifs is 1. The molecule has 0 bridgehead atoms. The second-order valence-electron chi connectivity index (χ2n) is 6.22. The van der Waals surface area contributed by atoms with Crippen LogP contribution in [0, 0.1) is 13.8 Å². The molecular formula is C15H22N6O3S. The van der Waals surface area contributed by atoms with Gasteiger partial charge in [0, 0.05) is 26.8 Å². The van der Waals surface area contributed by atoms with Crippen LogP contribution in [0.2, 0.25) is 0 Å². The highest BCUT2D eigenvalue weighted by atomic mass is 32.2. The molecule has 0 saturated carbocycles. The summed E-state index contributed by atoms with van der Waals surface area (Å²) in [6.45, 7) is 3.84. The SMILES string of the molecule is CNC(=O)CC1CN(S(=O)(=O)c2c(C)nn(C)c2C)Cc2ccnn21. The van der Waals surface area contributed by atoms with Gasteiger partial charge in [-0.15, -0.1) is 0 Å². The normalized spacial score (nSPS) is 18.2. The molecule has 9 nitrogen and oxygen atoms in total. The van der Waals surface area contributed by atoms with Gasteiger partial charge in [-0.3, -0.25) is 14.2 Å². The van der Waals surface area contributed by atoms with E-state index in [2.05, 4.69) is 15.5 Å². The van der Waals surface area contributed by atoms with Gasteiger partial charge in [0.15, 0.2) is 0 Å². The van der Waals surface area contributed by atoms with E-state index >= 15 is 0 Å². The molecule has 0 saturated heterocycles. The summed E-state index contributed by atoms with van der Waals surface area (Å²) in [5, 5.41) is 11.0. The number of sulfonamides is 1. The Balaban J connectivity index is 1.99. The van der Waals surface area contributed by atoms with Gasteiger partial charge in [-0.05, 0) is 19.9 Å². The molecule has 1 N–H and O–H groups in total. The van der Waals surface area contributed by atoms with Crippen molar-refractivity contribution in [3.63, 3.8) is 0 Å². The Kier molecular flexibility index (Phi) is 4.41. The largest absolute Gasteiger partial charge is 0.359 e. The average molecular weight is 366 g/mol. The third-order valence-corrected chi connectivity index (χ3v) is 6.66. The maximum Gasteiger partial charge on any atom is 0.247 e. The first-order valence-electron chi connectivity index (χ1n) is 7.99. The van der Waals surface area contributed by atoms with E-state index < -0.39 is 10.0 Å². The maximum atomic E-state index is 13.2. The lowest BCUT2D eigenvalue weighted by atomic mass is 10.1. The first-order valence-corrected chi connectivity index (χ1v) is 9.43.